The molecule has 26 heavy (non-hydrogen) atoms. The Morgan fingerprint density at radius 1 is 1.19 bits per heavy atom. The molecule has 1 saturated heterocycles. The Morgan fingerprint density at radius 3 is 2.42 bits per heavy atom. The van der Waals surface area contributed by atoms with Crippen LogP contribution in [-0.4, -0.2) is 59.3 Å². The van der Waals surface area contributed by atoms with Gasteiger partial charge in [-0.15, -0.1) is 0 Å². The number of esters is 1. The van der Waals surface area contributed by atoms with Gasteiger partial charge >= 0.3 is 12.1 Å². The van der Waals surface area contributed by atoms with E-state index in [1.807, 2.05) is 6.92 Å². The minimum absolute atomic E-state index is 0.00853. The molecule has 7 nitrogen and oxygen atoms in total. The summed E-state index contributed by atoms with van der Waals surface area (Å²) in [6.45, 7) is 8.16. The van der Waals surface area contributed by atoms with Crippen LogP contribution in [0.1, 0.15) is 66.2 Å². The number of rotatable bonds is 5. The van der Waals surface area contributed by atoms with Crippen LogP contribution in [0.5, 0.6) is 0 Å². The largest absolute Gasteiger partial charge is 0.466 e. The summed E-state index contributed by atoms with van der Waals surface area (Å²) in [7, 11) is 0. The van der Waals surface area contributed by atoms with Gasteiger partial charge in [-0.25, -0.2) is 4.79 Å². The molecule has 0 aromatic carbocycles. The van der Waals surface area contributed by atoms with Crippen LogP contribution in [0.3, 0.4) is 0 Å². The van der Waals surface area contributed by atoms with Gasteiger partial charge < -0.3 is 19.3 Å². The van der Waals surface area contributed by atoms with E-state index in [9.17, 15) is 14.7 Å². The minimum Gasteiger partial charge on any atom is -0.466 e. The van der Waals surface area contributed by atoms with Gasteiger partial charge in [-0.2, -0.15) is 0 Å². The Morgan fingerprint density at radius 2 is 1.85 bits per heavy atom. The topological polar surface area (TPSA) is 85.3 Å². The van der Waals surface area contributed by atoms with Crippen molar-refractivity contribution in [1.29, 1.82) is 0 Å². The fraction of sp³-hybridized carbons (Fsp3) is 0.895. The van der Waals surface area contributed by atoms with E-state index < -0.39 is 17.4 Å². The van der Waals surface area contributed by atoms with Gasteiger partial charge in [-0.3, -0.25) is 9.69 Å². The minimum atomic E-state index is -1.32. The van der Waals surface area contributed by atoms with Crippen molar-refractivity contribution in [3.05, 3.63) is 0 Å². The second-order valence-electron chi connectivity index (χ2n) is 8.25. The molecule has 150 valence electrons. The maximum absolute atomic E-state index is 12.3. The normalized spacial score (nSPS) is 29.5. The van der Waals surface area contributed by atoms with Crippen LogP contribution in [0, 0.1) is 5.92 Å². The van der Waals surface area contributed by atoms with E-state index in [2.05, 4.69) is 0 Å². The molecule has 1 amide bonds. The maximum atomic E-state index is 12.3. The third kappa shape index (κ3) is 5.58. The van der Waals surface area contributed by atoms with Gasteiger partial charge in [-0.05, 0) is 66.2 Å². The zero-order chi connectivity index (χ0) is 19.4. The lowest BCUT2D eigenvalue weighted by molar-refractivity contribution is -0.155. The molecule has 0 aromatic rings. The summed E-state index contributed by atoms with van der Waals surface area (Å²) in [5, 5.41) is 10.9. The van der Waals surface area contributed by atoms with Gasteiger partial charge in [0.2, 0.25) is 0 Å². The van der Waals surface area contributed by atoms with Crippen molar-refractivity contribution in [3.8, 4) is 0 Å². The lowest BCUT2D eigenvalue weighted by atomic mass is 9.87. The first kappa shape index (κ1) is 21.0. The predicted octanol–water partition coefficient (Wildman–Crippen LogP) is 2.84. The van der Waals surface area contributed by atoms with Crippen molar-refractivity contribution in [2.45, 2.75) is 83.6 Å². The van der Waals surface area contributed by atoms with Crippen molar-refractivity contribution in [3.63, 3.8) is 0 Å². The summed E-state index contributed by atoms with van der Waals surface area (Å²) < 4.78 is 16.4. The molecule has 0 aromatic heterocycles. The fourth-order valence-electron chi connectivity index (χ4n) is 3.57. The van der Waals surface area contributed by atoms with Crippen molar-refractivity contribution in [2.75, 3.05) is 19.8 Å². The molecule has 0 radical (unpaired) electrons. The predicted molar refractivity (Wildman–Crippen MR) is 95.5 cm³/mol. The van der Waals surface area contributed by atoms with Crippen LogP contribution < -0.4 is 0 Å². The quantitative estimate of drug-likeness (QED) is 0.748. The average Bonchev–Trinajstić information content (AvgIpc) is 2.94. The van der Waals surface area contributed by atoms with Crippen molar-refractivity contribution >= 4 is 12.1 Å². The zero-order valence-electron chi connectivity index (χ0n) is 16.5. The standard InChI is InChI=1S/C19H33NO6/c1-5-24-16(21)14-7-9-15(10-8-14)25-13-19(23)11-6-12-20(19)17(22)26-18(2,3)4/h14-15,23H,5-13H2,1-4H3/t14-,15-,19-/m0/s1. The number of likely N-dealkylation sites (tertiary alicyclic amines) is 1. The lowest BCUT2D eigenvalue weighted by Gasteiger charge is -2.36. The van der Waals surface area contributed by atoms with Gasteiger partial charge in [0.25, 0.3) is 0 Å². The summed E-state index contributed by atoms with van der Waals surface area (Å²) >= 11 is 0. The molecule has 1 saturated carbocycles. The van der Waals surface area contributed by atoms with Gasteiger partial charge in [0.1, 0.15) is 5.60 Å². The van der Waals surface area contributed by atoms with Gasteiger partial charge in [-0.1, -0.05) is 0 Å². The third-order valence-corrected chi connectivity index (χ3v) is 4.92. The van der Waals surface area contributed by atoms with E-state index in [1.54, 1.807) is 20.8 Å². The highest BCUT2D eigenvalue weighted by atomic mass is 16.6. The average molecular weight is 371 g/mol. The van der Waals surface area contributed by atoms with E-state index in [1.165, 1.54) is 4.90 Å². The Hall–Kier alpha value is -1.34. The van der Waals surface area contributed by atoms with E-state index in [0.29, 0.717) is 26.0 Å². The van der Waals surface area contributed by atoms with Crippen LogP contribution in [0.2, 0.25) is 0 Å². The fourth-order valence-corrected chi connectivity index (χ4v) is 3.57. The molecule has 1 aliphatic carbocycles. The molecule has 1 atom stereocenters. The summed E-state index contributed by atoms with van der Waals surface area (Å²) in [6, 6.07) is 0. The van der Waals surface area contributed by atoms with Crippen LogP contribution in [0.15, 0.2) is 0 Å². The number of nitrogens with zero attached hydrogens (tertiary/aromatic N) is 1. The van der Waals surface area contributed by atoms with Gasteiger partial charge in [0, 0.05) is 6.54 Å². The van der Waals surface area contributed by atoms with Crippen LogP contribution in [-0.2, 0) is 19.0 Å². The van der Waals surface area contributed by atoms with E-state index in [4.69, 9.17) is 14.2 Å². The first-order valence-electron chi connectivity index (χ1n) is 9.66. The Kier molecular flexibility index (Phi) is 6.91. The highest BCUT2D eigenvalue weighted by Gasteiger charge is 2.44. The second kappa shape index (κ2) is 8.57. The summed E-state index contributed by atoms with van der Waals surface area (Å²) in [6.07, 6.45) is 3.66. The second-order valence-corrected chi connectivity index (χ2v) is 8.25. The van der Waals surface area contributed by atoms with Crippen LogP contribution in [0.4, 0.5) is 4.79 Å². The number of amides is 1. The molecule has 1 heterocycles. The van der Waals surface area contributed by atoms with Crippen molar-refractivity contribution < 1.29 is 28.9 Å². The molecule has 0 bridgehead atoms. The first-order valence-corrected chi connectivity index (χ1v) is 9.66. The van der Waals surface area contributed by atoms with Gasteiger partial charge in [0.05, 0.1) is 25.2 Å². The first-order chi connectivity index (χ1) is 12.1. The number of carbonyl (C=O) groups is 2. The molecule has 2 fully saturated rings. The number of aliphatic hydroxyl groups is 1. The van der Waals surface area contributed by atoms with Crippen molar-refractivity contribution in [2.24, 2.45) is 5.92 Å². The third-order valence-electron chi connectivity index (χ3n) is 4.92. The lowest BCUT2D eigenvalue weighted by Crippen LogP contribution is -2.52. The number of carbonyl (C=O) groups excluding carboxylic acids is 2. The SMILES string of the molecule is CCOC(=O)[C@H]1CC[C@H](OC[C@@]2(O)CCCN2C(=O)OC(C)(C)C)CC1. The number of hydrogen-bond donors (Lipinski definition) is 1. The number of ether oxygens (including phenoxy) is 3. The summed E-state index contributed by atoms with van der Waals surface area (Å²) in [5.41, 5.74) is -1.92. The molecule has 7 heteroatoms. The van der Waals surface area contributed by atoms with E-state index >= 15 is 0 Å². The Bertz CT molecular complexity index is 495. The maximum Gasteiger partial charge on any atom is 0.412 e. The molecule has 0 unspecified atom stereocenters. The molecule has 2 rings (SSSR count). The molecular weight excluding hydrogens is 338 g/mol. The molecule has 1 N–H and O–H groups in total. The Balaban J connectivity index is 1.82. The van der Waals surface area contributed by atoms with E-state index in [-0.39, 0.29) is 24.6 Å². The van der Waals surface area contributed by atoms with Crippen LogP contribution in [0.25, 0.3) is 0 Å². The summed E-state index contributed by atoms with van der Waals surface area (Å²) in [4.78, 5) is 25.5. The highest BCUT2D eigenvalue weighted by Crippen LogP contribution is 2.32. The molecule has 2 aliphatic rings. The smallest absolute Gasteiger partial charge is 0.412 e. The molecular formula is C19H33NO6. The zero-order valence-corrected chi connectivity index (χ0v) is 16.5. The molecule has 1 aliphatic heterocycles. The summed E-state index contributed by atoms with van der Waals surface area (Å²) in [5.74, 6) is -0.181. The number of hydrogen-bond acceptors (Lipinski definition) is 6. The monoisotopic (exact) mass is 371 g/mol. The Labute approximate surface area is 156 Å². The molecule has 0 spiro atoms. The van der Waals surface area contributed by atoms with Crippen LogP contribution >= 0.6 is 0 Å². The van der Waals surface area contributed by atoms with Crippen molar-refractivity contribution in [1.82, 2.24) is 4.90 Å². The highest BCUT2D eigenvalue weighted by molar-refractivity contribution is 5.72. The van der Waals surface area contributed by atoms with E-state index in [0.717, 1.165) is 25.7 Å². The van der Waals surface area contributed by atoms with Gasteiger partial charge in [0.15, 0.2) is 5.72 Å².